The van der Waals surface area contributed by atoms with Crippen molar-refractivity contribution >= 4 is 34.1 Å². The summed E-state index contributed by atoms with van der Waals surface area (Å²) in [4.78, 5) is 4.13. The molecule has 0 atom stereocenters. The Morgan fingerprint density at radius 1 is 0.943 bits per heavy atom. The molecule has 182 valence electrons. The molecule has 4 rings (SSSR count). The maximum Gasteiger partial charge on any atom is 0.195 e. The summed E-state index contributed by atoms with van der Waals surface area (Å²) in [6.07, 6.45) is 1.63. The van der Waals surface area contributed by atoms with Gasteiger partial charge in [-0.05, 0) is 42.3 Å². The standard InChI is InChI=1S/C25H22F3N3O2S2/c1-32-19-8-7-17(23(13-19)33-2)15-31(25-29-9-10-34-25)35-24-21(27)11-18(12-22(24)28)30-14-16-5-3-4-6-20(16)26/h3-13,30H,14-15H2,1-2H3. The number of anilines is 2. The van der Waals surface area contributed by atoms with Gasteiger partial charge in [0.25, 0.3) is 0 Å². The molecule has 0 spiro atoms. The van der Waals surface area contributed by atoms with Crippen LogP contribution in [-0.4, -0.2) is 19.2 Å². The maximum absolute atomic E-state index is 15.0. The Hall–Kier alpha value is -3.37. The number of benzene rings is 3. The number of methoxy groups -OCH3 is 2. The molecule has 0 radical (unpaired) electrons. The summed E-state index contributed by atoms with van der Waals surface area (Å²) in [5, 5.41) is 5.24. The number of ether oxygens (including phenoxy) is 2. The van der Waals surface area contributed by atoms with Crippen LogP contribution < -0.4 is 19.1 Å². The highest BCUT2D eigenvalue weighted by atomic mass is 32.2. The molecule has 0 aliphatic heterocycles. The second-order valence-corrected chi connectivity index (χ2v) is 9.24. The fourth-order valence-corrected chi connectivity index (χ4v) is 4.94. The second-order valence-electron chi connectivity index (χ2n) is 7.33. The maximum atomic E-state index is 15.0. The van der Waals surface area contributed by atoms with E-state index in [0.717, 1.165) is 17.5 Å². The summed E-state index contributed by atoms with van der Waals surface area (Å²) in [6, 6.07) is 14.0. The van der Waals surface area contributed by atoms with Crippen LogP contribution >= 0.6 is 23.3 Å². The molecule has 3 aromatic carbocycles. The van der Waals surface area contributed by atoms with Crippen molar-refractivity contribution in [3.8, 4) is 11.5 Å². The molecule has 0 aliphatic rings. The molecule has 10 heteroatoms. The molecule has 0 bridgehead atoms. The average Bonchev–Trinajstić information content (AvgIpc) is 3.40. The van der Waals surface area contributed by atoms with Crippen LogP contribution in [0.5, 0.6) is 11.5 Å². The van der Waals surface area contributed by atoms with Gasteiger partial charge in [0.15, 0.2) is 5.13 Å². The van der Waals surface area contributed by atoms with Gasteiger partial charge in [-0.15, -0.1) is 11.3 Å². The topological polar surface area (TPSA) is 46.6 Å². The lowest BCUT2D eigenvalue weighted by atomic mass is 10.2. The summed E-state index contributed by atoms with van der Waals surface area (Å²) >= 11 is 2.25. The van der Waals surface area contributed by atoms with E-state index in [1.54, 1.807) is 60.4 Å². The third-order valence-corrected chi connectivity index (χ3v) is 7.09. The van der Waals surface area contributed by atoms with Crippen molar-refractivity contribution in [1.29, 1.82) is 0 Å². The van der Waals surface area contributed by atoms with Crippen molar-refractivity contribution in [1.82, 2.24) is 4.98 Å². The van der Waals surface area contributed by atoms with Gasteiger partial charge >= 0.3 is 0 Å². The van der Waals surface area contributed by atoms with Crippen LogP contribution in [0.2, 0.25) is 0 Å². The van der Waals surface area contributed by atoms with E-state index in [9.17, 15) is 4.39 Å². The minimum Gasteiger partial charge on any atom is -0.497 e. The highest BCUT2D eigenvalue weighted by molar-refractivity contribution is 8.00. The Labute approximate surface area is 209 Å². The van der Waals surface area contributed by atoms with E-state index in [2.05, 4.69) is 10.3 Å². The van der Waals surface area contributed by atoms with Gasteiger partial charge in [0.2, 0.25) is 0 Å². The fourth-order valence-electron chi connectivity index (χ4n) is 3.31. The molecule has 0 saturated heterocycles. The normalized spacial score (nSPS) is 10.8. The summed E-state index contributed by atoms with van der Waals surface area (Å²) in [5.74, 6) is -0.653. The van der Waals surface area contributed by atoms with E-state index in [0.29, 0.717) is 22.2 Å². The monoisotopic (exact) mass is 517 g/mol. The molecule has 0 saturated carbocycles. The molecule has 5 nitrogen and oxygen atoms in total. The smallest absolute Gasteiger partial charge is 0.195 e. The van der Waals surface area contributed by atoms with Gasteiger partial charge in [-0.1, -0.05) is 18.2 Å². The van der Waals surface area contributed by atoms with Crippen molar-refractivity contribution in [3.63, 3.8) is 0 Å². The Morgan fingerprint density at radius 3 is 2.37 bits per heavy atom. The van der Waals surface area contributed by atoms with Crippen LogP contribution in [0, 0.1) is 17.5 Å². The first-order chi connectivity index (χ1) is 17.0. The van der Waals surface area contributed by atoms with Crippen LogP contribution in [0.4, 0.5) is 24.0 Å². The van der Waals surface area contributed by atoms with Crippen LogP contribution in [0.15, 0.2) is 71.1 Å². The molecule has 1 heterocycles. The third kappa shape index (κ3) is 6.01. The van der Waals surface area contributed by atoms with Gasteiger partial charge in [0.1, 0.15) is 33.8 Å². The number of nitrogens with one attached hydrogen (secondary N) is 1. The Bertz CT molecular complexity index is 1270. The SMILES string of the molecule is COc1ccc(CN(Sc2c(F)cc(NCc3ccccc3F)cc2F)c2nccs2)c(OC)c1. The van der Waals surface area contributed by atoms with E-state index in [4.69, 9.17) is 9.47 Å². The molecule has 35 heavy (non-hydrogen) atoms. The van der Waals surface area contributed by atoms with E-state index < -0.39 is 11.6 Å². The first-order valence-corrected chi connectivity index (χ1v) is 12.2. The number of thiazole rings is 1. The lowest BCUT2D eigenvalue weighted by Crippen LogP contribution is -2.15. The predicted molar refractivity (Wildman–Crippen MR) is 134 cm³/mol. The van der Waals surface area contributed by atoms with Crippen LogP contribution in [-0.2, 0) is 13.1 Å². The number of hydrogen-bond donors (Lipinski definition) is 1. The van der Waals surface area contributed by atoms with Crippen LogP contribution in [0.25, 0.3) is 0 Å². The summed E-state index contributed by atoms with van der Waals surface area (Å²) in [7, 11) is 3.11. The van der Waals surface area contributed by atoms with Crippen molar-refractivity contribution in [2.45, 2.75) is 18.0 Å². The molecule has 0 amide bonds. The van der Waals surface area contributed by atoms with Crippen molar-refractivity contribution in [2.75, 3.05) is 23.8 Å². The van der Waals surface area contributed by atoms with Gasteiger partial charge in [-0.25, -0.2) is 18.2 Å². The van der Waals surface area contributed by atoms with Crippen molar-refractivity contribution in [2.24, 2.45) is 0 Å². The molecular weight excluding hydrogens is 495 g/mol. The van der Waals surface area contributed by atoms with E-state index in [1.807, 2.05) is 6.07 Å². The number of halogens is 3. The van der Waals surface area contributed by atoms with Crippen LogP contribution in [0.3, 0.4) is 0 Å². The summed E-state index contributed by atoms with van der Waals surface area (Å²) in [5.41, 5.74) is 1.40. The largest absolute Gasteiger partial charge is 0.497 e. The van der Waals surface area contributed by atoms with Crippen molar-refractivity contribution < 1.29 is 22.6 Å². The third-order valence-electron chi connectivity index (χ3n) is 5.08. The number of hydrogen-bond acceptors (Lipinski definition) is 7. The molecule has 0 unspecified atom stereocenters. The van der Waals surface area contributed by atoms with Gasteiger partial charge in [0.05, 0.1) is 20.8 Å². The Kier molecular flexibility index (Phi) is 8.04. The van der Waals surface area contributed by atoms with Gasteiger partial charge in [-0.3, -0.25) is 4.31 Å². The van der Waals surface area contributed by atoms with Gasteiger partial charge < -0.3 is 14.8 Å². The van der Waals surface area contributed by atoms with E-state index >= 15 is 8.78 Å². The molecule has 0 fully saturated rings. The first-order valence-electron chi connectivity index (χ1n) is 10.5. The zero-order valence-electron chi connectivity index (χ0n) is 18.9. The van der Waals surface area contributed by atoms with Gasteiger partial charge in [0, 0.05) is 41.0 Å². The summed E-state index contributed by atoms with van der Waals surface area (Å²) in [6.45, 7) is 0.373. The number of aromatic nitrogens is 1. The quantitative estimate of drug-likeness (QED) is 0.231. The number of nitrogens with zero attached hydrogens (tertiary/aromatic N) is 2. The second kappa shape index (κ2) is 11.4. The molecule has 4 aromatic rings. The predicted octanol–water partition coefficient (Wildman–Crippen LogP) is 6.90. The Morgan fingerprint density at radius 2 is 1.71 bits per heavy atom. The average molecular weight is 518 g/mol. The van der Waals surface area contributed by atoms with Gasteiger partial charge in [-0.2, -0.15) is 0 Å². The first kappa shape index (κ1) is 24.7. The molecule has 1 aromatic heterocycles. The fraction of sp³-hybridized carbons (Fsp3) is 0.160. The lowest BCUT2D eigenvalue weighted by Gasteiger charge is -2.22. The highest BCUT2D eigenvalue weighted by Crippen LogP contribution is 2.37. The summed E-state index contributed by atoms with van der Waals surface area (Å²) < 4.78 is 56.4. The Balaban J connectivity index is 1.56. The highest BCUT2D eigenvalue weighted by Gasteiger charge is 2.21. The molecule has 0 aliphatic carbocycles. The zero-order valence-corrected chi connectivity index (χ0v) is 20.6. The number of rotatable bonds is 10. The lowest BCUT2D eigenvalue weighted by molar-refractivity contribution is 0.391. The van der Waals surface area contributed by atoms with E-state index in [-0.39, 0.29) is 29.5 Å². The minimum absolute atomic E-state index is 0.0978. The van der Waals surface area contributed by atoms with Crippen LogP contribution in [0.1, 0.15) is 11.1 Å². The molecular formula is C25H22F3N3O2S2. The van der Waals surface area contributed by atoms with E-state index in [1.165, 1.54) is 29.5 Å². The molecule has 1 N–H and O–H groups in total. The van der Waals surface area contributed by atoms with Crippen molar-refractivity contribution in [3.05, 3.63) is 94.8 Å². The minimum atomic E-state index is -0.741. The zero-order chi connectivity index (χ0) is 24.8.